The van der Waals surface area contributed by atoms with Crippen LogP contribution in [0.15, 0.2) is 35.5 Å². The average Bonchev–Trinajstić information content (AvgIpc) is 2.42. The number of carbonyl (C=O) groups excluding carboxylic acids is 1. The Kier molecular flexibility index (Phi) is 4.58. The number of amides is 1. The van der Waals surface area contributed by atoms with Crippen molar-refractivity contribution >= 4 is 23.7 Å². The summed E-state index contributed by atoms with van der Waals surface area (Å²) < 4.78 is 0. The van der Waals surface area contributed by atoms with Crippen molar-refractivity contribution in [2.75, 3.05) is 0 Å². The van der Waals surface area contributed by atoms with Crippen LogP contribution in [0.2, 0.25) is 5.02 Å². The highest BCUT2D eigenvalue weighted by atomic mass is 35.5. The van der Waals surface area contributed by atoms with Gasteiger partial charge >= 0.3 is 0 Å². The molecule has 4 nitrogen and oxygen atoms in total. The zero-order valence-electron chi connectivity index (χ0n) is 10.3. The molecule has 1 atom stereocenters. The zero-order valence-corrected chi connectivity index (χ0v) is 11.1. The van der Waals surface area contributed by atoms with Gasteiger partial charge in [0.25, 0.3) is 5.91 Å². The van der Waals surface area contributed by atoms with Gasteiger partial charge < -0.3 is 5.11 Å². The number of phenolic OH excluding ortho intramolecular Hbond substituents is 1. The molecule has 5 heteroatoms. The molecule has 0 saturated heterocycles. The molecule has 0 saturated carbocycles. The summed E-state index contributed by atoms with van der Waals surface area (Å²) >= 11 is 5.78. The first-order valence-electron chi connectivity index (χ1n) is 6.14. The molecule has 0 bridgehead atoms. The van der Waals surface area contributed by atoms with E-state index in [0.717, 1.165) is 19.3 Å². The fourth-order valence-corrected chi connectivity index (χ4v) is 2.08. The lowest BCUT2D eigenvalue weighted by Crippen LogP contribution is -2.19. The summed E-state index contributed by atoms with van der Waals surface area (Å²) in [6.45, 7) is 0. The predicted octanol–water partition coefficient (Wildman–Crippen LogP) is 3.12. The normalized spacial score (nSPS) is 18.7. The van der Waals surface area contributed by atoms with Gasteiger partial charge in [-0.25, -0.2) is 5.43 Å². The second-order valence-corrected chi connectivity index (χ2v) is 4.86. The number of nitrogens with one attached hydrogen (secondary N) is 1. The quantitative estimate of drug-likeness (QED) is 0.507. The van der Waals surface area contributed by atoms with Gasteiger partial charge in [0.15, 0.2) is 0 Å². The smallest absolute Gasteiger partial charge is 0.275 e. The van der Waals surface area contributed by atoms with Gasteiger partial charge in [0.05, 0.1) is 5.56 Å². The molecule has 1 aromatic carbocycles. The molecule has 1 aliphatic rings. The minimum Gasteiger partial charge on any atom is -0.507 e. The number of hydrazone groups is 1. The van der Waals surface area contributed by atoms with Crippen molar-refractivity contribution in [2.45, 2.75) is 19.3 Å². The van der Waals surface area contributed by atoms with E-state index in [4.69, 9.17) is 11.6 Å². The van der Waals surface area contributed by atoms with E-state index in [2.05, 4.69) is 22.7 Å². The number of carbonyl (C=O) groups is 1. The Hall–Kier alpha value is -1.81. The third-order valence-electron chi connectivity index (χ3n) is 2.96. The van der Waals surface area contributed by atoms with Crippen molar-refractivity contribution in [1.29, 1.82) is 0 Å². The summed E-state index contributed by atoms with van der Waals surface area (Å²) in [5, 5.41) is 13.9. The van der Waals surface area contributed by atoms with Gasteiger partial charge in [-0.1, -0.05) is 23.8 Å². The highest BCUT2D eigenvalue weighted by Crippen LogP contribution is 2.21. The lowest BCUT2D eigenvalue weighted by molar-refractivity contribution is 0.0952. The maximum atomic E-state index is 11.8. The van der Waals surface area contributed by atoms with Crippen molar-refractivity contribution in [3.8, 4) is 5.75 Å². The van der Waals surface area contributed by atoms with Crippen LogP contribution in [0.4, 0.5) is 0 Å². The minimum absolute atomic E-state index is 0.113. The molecule has 1 aromatic rings. The number of phenols is 1. The Labute approximate surface area is 116 Å². The number of hydrogen-bond acceptors (Lipinski definition) is 3. The highest BCUT2D eigenvalue weighted by Gasteiger charge is 2.11. The summed E-state index contributed by atoms with van der Waals surface area (Å²) in [6.07, 6.45) is 9.03. The van der Waals surface area contributed by atoms with Gasteiger partial charge in [-0.2, -0.15) is 5.10 Å². The van der Waals surface area contributed by atoms with Crippen LogP contribution in [-0.2, 0) is 0 Å². The molecule has 0 heterocycles. The Balaban J connectivity index is 1.95. The van der Waals surface area contributed by atoms with Crippen LogP contribution in [0.3, 0.4) is 0 Å². The molecule has 2 rings (SSSR count). The van der Waals surface area contributed by atoms with Crippen LogP contribution in [0.1, 0.15) is 29.6 Å². The van der Waals surface area contributed by atoms with Crippen LogP contribution in [-0.4, -0.2) is 17.2 Å². The van der Waals surface area contributed by atoms with Crippen LogP contribution < -0.4 is 5.43 Å². The number of allylic oxidation sites excluding steroid dienone is 2. The standard InChI is InChI=1S/C14H15ClN2O2/c15-11-6-7-13(18)12(8-11)14(19)17-16-9-10-4-2-1-3-5-10/h1-2,6-10,18H,3-5H2,(H,17,19)/b16-9+. The van der Waals surface area contributed by atoms with Crippen molar-refractivity contribution in [3.63, 3.8) is 0 Å². The van der Waals surface area contributed by atoms with Crippen molar-refractivity contribution in [1.82, 2.24) is 5.43 Å². The summed E-state index contributed by atoms with van der Waals surface area (Å²) in [7, 11) is 0. The maximum absolute atomic E-state index is 11.8. The van der Waals surface area contributed by atoms with E-state index in [9.17, 15) is 9.90 Å². The number of hydrogen-bond donors (Lipinski definition) is 2. The fourth-order valence-electron chi connectivity index (χ4n) is 1.90. The molecule has 100 valence electrons. The lowest BCUT2D eigenvalue weighted by Gasteiger charge is -2.11. The monoisotopic (exact) mass is 278 g/mol. The van der Waals surface area contributed by atoms with Gasteiger partial charge in [0.1, 0.15) is 5.75 Å². The number of nitrogens with zero attached hydrogens (tertiary/aromatic N) is 1. The van der Waals surface area contributed by atoms with Crippen molar-refractivity contribution in [2.24, 2.45) is 11.0 Å². The second kappa shape index (κ2) is 6.38. The highest BCUT2D eigenvalue weighted by molar-refractivity contribution is 6.31. The van der Waals surface area contributed by atoms with Gasteiger partial charge in [0.2, 0.25) is 0 Å². The molecule has 0 spiro atoms. The average molecular weight is 279 g/mol. The fraction of sp³-hybridized carbons (Fsp3) is 0.286. The van der Waals surface area contributed by atoms with Gasteiger partial charge in [-0.05, 0) is 43.4 Å². The molecule has 0 fully saturated rings. The molecule has 0 aromatic heterocycles. The minimum atomic E-state index is -0.470. The van der Waals surface area contributed by atoms with Crippen LogP contribution in [0, 0.1) is 5.92 Å². The largest absolute Gasteiger partial charge is 0.507 e. The molecule has 2 N–H and O–H groups in total. The van der Waals surface area contributed by atoms with Crippen LogP contribution >= 0.6 is 11.6 Å². The number of halogens is 1. The molecular weight excluding hydrogens is 264 g/mol. The van der Waals surface area contributed by atoms with Crippen molar-refractivity contribution < 1.29 is 9.90 Å². The van der Waals surface area contributed by atoms with E-state index in [1.54, 1.807) is 6.21 Å². The Bertz CT molecular complexity index is 526. The number of benzene rings is 1. The first kappa shape index (κ1) is 13.6. The number of rotatable bonds is 3. The van der Waals surface area contributed by atoms with Crippen molar-refractivity contribution in [3.05, 3.63) is 40.9 Å². The van der Waals surface area contributed by atoms with E-state index < -0.39 is 5.91 Å². The Morgan fingerprint density at radius 1 is 1.47 bits per heavy atom. The summed E-state index contributed by atoms with van der Waals surface area (Å²) in [5.74, 6) is -0.224. The molecule has 0 aliphatic heterocycles. The van der Waals surface area contributed by atoms with Gasteiger partial charge in [0, 0.05) is 11.2 Å². The third-order valence-corrected chi connectivity index (χ3v) is 3.20. The lowest BCUT2D eigenvalue weighted by atomic mass is 9.96. The Morgan fingerprint density at radius 2 is 2.32 bits per heavy atom. The van der Waals surface area contributed by atoms with E-state index in [-0.39, 0.29) is 11.3 Å². The molecule has 1 unspecified atom stereocenters. The maximum Gasteiger partial charge on any atom is 0.275 e. The summed E-state index contributed by atoms with van der Waals surface area (Å²) in [6, 6.07) is 4.31. The van der Waals surface area contributed by atoms with Crippen LogP contribution in [0.5, 0.6) is 5.75 Å². The van der Waals surface area contributed by atoms with E-state index in [1.807, 2.05) is 0 Å². The molecule has 19 heavy (non-hydrogen) atoms. The van der Waals surface area contributed by atoms with E-state index >= 15 is 0 Å². The second-order valence-electron chi connectivity index (χ2n) is 4.43. The third kappa shape index (κ3) is 3.83. The molecule has 1 amide bonds. The summed E-state index contributed by atoms with van der Waals surface area (Å²) in [5.41, 5.74) is 2.52. The van der Waals surface area contributed by atoms with E-state index in [0.29, 0.717) is 10.9 Å². The first-order chi connectivity index (χ1) is 9.16. The molecular formula is C14H15ClN2O2. The van der Waals surface area contributed by atoms with E-state index in [1.165, 1.54) is 18.2 Å². The molecule has 0 radical (unpaired) electrons. The SMILES string of the molecule is O=C(N/N=C/C1CC=CCC1)c1cc(Cl)ccc1O. The topological polar surface area (TPSA) is 61.7 Å². The number of aromatic hydroxyl groups is 1. The van der Waals surface area contributed by atoms with Gasteiger partial charge in [-0.15, -0.1) is 0 Å². The van der Waals surface area contributed by atoms with Gasteiger partial charge in [-0.3, -0.25) is 4.79 Å². The first-order valence-corrected chi connectivity index (χ1v) is 6.51. The summed E-state index contributed by atoms with van der Waals surface area (Å²) in [4.78, 5) is 11.8. The zero-order chi connectivity index (χ0) is 13.7. The Morgan fingerprint density at radius 3 is 3.05 bits per heavy atom. The van der Waals surface area contributed by atoms with Crippen LogP contribution in [0.25, 0.3) is 0 Å². The predicted molar refractivity (Wildman–Crippen MR) is 75.6 cm³/mol. The molecule has 1 aliphatic carbocycles.